The summed E-state index contributed by atoms with van der Waals surface area (Å²) in [6.07, 6.45) is 1.53. The minimum absolute atomic E-state index is 0.0118. The Morgan fingerprint density at radius 2 is 2.09 bits per heavy atom. The van der Waals surface area contributed by atoms with Gasteiger partial charge in [0.2, 0.25) is 5.91 Å². The number of ether oxygens (including phenoxy) is 1. The molecule has 0 saturated carbocycles. The van der Waals surface area contributed by atoms with Gasteiger partial charge in [0.1, 0.15) is 5.75 Å². The average molecular weight is 317 g/mol. The van der Waals surface area contributed by atoms with Gasteiger partial charge in [-0.2, -0.15) is 0 Å². The minimum atomic E-state index is 0.0118. The first-order chi connectivity index (χ1) is 11.1. The van der Waals surface area contributed by atoms with Crippen LogP contribution in [0.5, 0.6) is 5.75 Å². The van der Waals surface area contributed by atoms with E-state index in [1.165, 1.54) is 0 Å². The number of piperazine rings is 1. The summed E-state index contributed by atoms with van der Waals surface area (Å²) in [6.45, 7) is 5.23. The second-order valence-electron chi connectivity index (χ2n) is 6.07. The van der Waals surface area contributed by atoms with Gasteiger partial charge in [-0.1, -0.05) is 0 Å². The normalized spacial score (nSPS) is 21.6. The minimum Gasteiger partial charge on any atom is -0.484 e. The van der Waals surface area contributed by atoms with Crippen LogP contribution in [0.25, 0.3) is 0 Å². The van der Waals surface area contributed by atoms with Crippen LogP contribution in [0.2, 0.25) is 0 Å². The molecule has 0 spiro atoms. The van der Waals surface area contributed by atoms with Gasteiger partial charge in [-0.25, -0.2) is 0 Å². The van der Waals surface area contributed by atoms with E-state index in [0.717, 1.165) is 38.3 Å². The molecule has 1 N–H and O–H groups in total. The van der Waals surface area contributed by atoms with Crippen molar-refractivity contribution in [3.63, 3.8) is 0 Å². The molecule has 1 aromatic carbocycles. The van der Waals surface area contributed by atoms with Crippen LogP contribution in [-0.4, -0.2) is 55.5 Å². The molecule has 2 aliphatic heterocycles. The number of hydrogen-bond acceptors (Lipinski definition) is 4. The van der Waals surface area contributed by atoms with Crippen molar-refractivity contribution in [3.8, 4) is 5.75 Å². The Morgan fingerprint density at radius 1 is 1.30 bits per heavy atom. The Morgan fingerprint density at radius 3 is 2.74 bits per heavy atom. The third kappa shape index (κ3) is 3.64. The molecule has 0 aromatic heterocycles. The number of benzene rings is 1. The van der Waals surface area contributed by atoms with Gasteiger partial charge in [0.05, 0.1) is 0 Å². The van der Waals surface area contributed by atoms with Crippen LogP contribution in [-0.2, 0) is 9.59 Å². The summed E-state index contributed by atoms with van der Waals surface area (Å²) >= 11 is 0. The Labute approximate surface area is 136 Å². The summed E-state index contributed by atoms with van der Waals surface area (Å²) in [4.78, 5) is 27.6. The monoisotopic (exact) mass is 317 g/mol. The molecular formula is C17H23N3O3. The summed E-state index contributed by atoms with van der Waals surface area (Å²) in [5, 5.41) is 3.26. The molecule has 2 saturated heterocycles. The Balaban J connectivity index is 1.54. The van der Waals surface area contributed by atoms with Crippen molar-refractivity contribution < 1.29 is 14.3 Å². The van der Waals surface area contributed by atoms with Gasteiger partial charge >= 0.3 is 0 Å². The van der Waals surface area contributed by atoms with Crippen molar-refractivity contribution in [3.05, 3.63) is 24.3 Å². The van der Waals surface area contributed by atoms with E-state index >= 15 is 0 Å². The molecule has 0 aliphatic carbocycles. The SMILES string of the molecule is C[C@H]1CNCCN1C(=O)COc1ccc(N2CCCC2=O)cc1. The number of carbonyl (C=O) groups is 2. The highest BCUT2D eigenvalue weighted by molar-refractivity contribution is 5.95. The third-order valence-corrected chi connectivity index (χ3v) is 4.41. The third-order valence-electron chi connectivity index (χ3n) is 4.41. The molecule has 6 nitrogen and oxygen atoms in total. The summed E-state index contributed by atoms with van der Waals surface area (Å²) in [6, 6.07) is 7.57. The lowest BCUT2D eigenvalue weighted by Crippen LogP contribution is -2.53. The second kappa shape index (κ2) is 7.00. The van der Waals surface area contributed by atoms with Crippen molar-refractivity contribution in [1.82, 2.24) is 10.2 Å². The largest absolute Gasteiger partial charge is 0.484 e. The fraction of sp³-hybridized carbons (Fsp3) is 0.529. The molecule has 1 aromatic rings. The van der Waals surface area contributed by atoms with Gasteiger partial charge in [0.15, 0.2) is 6.61 Å². The lowest BCUT2D eigenvalue weighted by molar-refractivity contribution is -0.136. The maximum Gasteiger partial charge on any atom is 0.260 e. The summed E-state index contributed by atoms with van der Waals surface area (Å²) in [7, 11) is 0. The smallest absolute Gasteiger partial charge is 0.260 e. The van der Waals surface area contributed by atoms with E-state index < -0.39 is 0 Å². The number of carbonyl (C=O) groups excluding carboxylic acids is 2. The van der Waals surface area contributed by atoms with Gasteiger partial charge in [-0.3, -0.25) is 9.59 Å². The molecule has 2 amide bonds. The zero-order chi connectivity index (χ0) is 16.2. The van der Waals surface area contributed by atoms with Crippen LogP contribution >= 0.6 is 0 Å². The zero-order valence-electron chi connectivity index (χ0n) is 13.5. The predicted octanol–water partition coefficient (Wildman–Crippen LogP) is 1.01. The van der Waals surface area contributed by atoms with E-state index in [9.17, 15) is 9.59 Å². The molecule has 3 rings (SSSR count). The topological polar surface area (TPSA) is 61.9 Å². The predicted molar refractivity (Wildman–Crippen MR) is 87.6 cm³/mol. The van der Waals surface area contributed by atoms with Crippen molar-refractivity contribution in [2.24, 2.45) is 0 Å². The zero-order valence-corrected chi connectivity index (χ0v) is 13.5. The highest BCUT2D eigenvalue weighted by atomic mass is 16.5. The van der Waals surface area contributed by atoms with E-state index in [1.807, 2.05) is 36.1 Å². The molecule has 1 atom stereocenters. The van der Waals surface area contributed by atoms with Gasteiger partial charge in [0, 0.05) is 44.3 Å². The molecule has 0 bridgehead atoms. The number of hydrogen-bond donors (Lipinski definition) is 1. The van der Waals surface area contributed by atoms with Gasteiger partial charge in [-0.05, 0) is 37.6 Å². The molecular weight excluding hydrogens is 294 g/mol. The number of anilines is 1. The molecule has 0 unspecified atom stereocenters. The van der Waals surface area contributed by atoms with E-state index in [1.54, 1.807) is 4.90 Å². The van der Waals surface area contributed by atoms with Crippen molar-refractivity contribution in [2.75, 3.05) is 37.7 Å². The Bertz CT molecular complexity index is 573. The molecule has 2 aliphatic rings. The molecule has 0 radical (unpaired) electrons. The van der Waals surface area contributed by atoms with E-state index in [4.69, 9.17) is 4.74 Å². The van der Waals surface area contributed by atoms with Gasteiger partial charge in [-0.15, -0.1) is 0 Å². The van der Waals surface area contributed by atoms with E-state index in [-0.39, 0.29) is 24.5 Å². The molecule has 2 heterocycles. The summed E-state index contributed by atoms with van der Waals surface area (Å²) in [5.41, 5.74) is 0.891. The average Bonchev–Trinajstić information content (AvgIpc) is 2.99. The van der Waals surface area contributed by atoms with Crippen LogP contribution in [0.15, 0.2) is 24.3 Å². The fourth-order valence-corrected chi connectivity index (χ4v) is 3.08. The van der Waals surface area contributed by atoms with Gasteiger partial charge < -0.3 is 19.9 Å². The molecule has 6 heteroatoms. The van der Waals surface area contributed by atoms with Crippen LogP contribution in [0.4, 0.5) is 5.69 Å². The van der Waals surface area contributed by atoms with Crippen molar-refractivity contribution in [1.29, 1.82) is 0 Å². The first-order valence-corrected chi connectivity index (χ1v) is 8.18. The maximum absolute atomic E-state index is 12.2. The maximum atomic E-state index is 12.2. The van der Waals surface area contributed by atoms with Crippen LogP contribution < -0.4 is 15.0 Å². The quantitative estimate of drug-likeness (QED) is 0.900. The van der Waals surface area contributed by atoms with Gasteiger partial charge in [0.25, 0.3) is 5.91 Å². The van der Waals surface area contributed by atoms with Crippen molar-refractivity contribution in [2.45, 2.75) is 25.8 Å². The highest BCUT2D eigenvalue weighted by Gasteiger charge is 2.23. The lowest BCUT2D eigenvalue weighted by Gasteiger charge is -2.33. The first kappa shape index (κ1) is 15.8. The number of nitrogens with zero attached hydrogens (tertiary/aromatic N) is 2. The molecule has 124 valence electrons. The van der Waals surface area contributed by atoms with E-state index in [0.29, 0.717) is 12.2 Å². The van der Waals surface area contributed by atoms with Crippen molar-refractivity contribution >= 4 is 17.5 Å². The van der Waals surface area contributed by atoms with Crippen LogP contribution in [0.3, 0.4) is 0 Å². The number of nitrogens with one attached hydrogen (secondary N) is 1. The summed E-state index contributed by atoms with van der Waals surface area (Å²) < 4.78 is 5.60. The second-order valence-corrected chi connectivity index (χ2v) is 6.07. The fourth-order valence-electron chi connectivity index (χ4n) is 3.08. The first-order valence-electron chi connectivity index (χ1n) is 8.18. The lowest BCUT2D eigenvalue weighted by atomic mass is 10.2. The molecule has 2 fully saturated rings. The Hall–Kier alpha value is -2.08. The standard InChI is InChI=1S/C17H23N3O3/c1-13-11-18-8-10-19(13)17(22)12-23-15-6-4-14(5-7-15)20-9-2-3-16(20)21/h4-7,13,18H,2-3,8-12H2,1H3/t13-/m0/s1. The molecule has 23 heavy (non-hydrogen) atoms. The van der Waals surface area contributed by atoms with Crippen LogP contribution in [0, 0.1) is 0 Å². The Kier molecular flexibility index (Phi) is 4.81. The number of rotatable bonds is 4. The van der Waals surface area contributed by atoms with Crippen LogP contribution in [0.1, 0.15) is 19.8 Å². The highest BCUT2D eigenvalue weighted by Crippen LogP contribution is 2.23. The van der Waals surface area contributed by atoms with E-state index in [2.05, 4.69) is 5.32 Å². The summed E-state index contributed by atoms with van der Waals surface area (Å²) in [5.74, 6) is 0.830. The number of amides is 2.